The molecule has 0 aromatic carbocycles. The zero-order valence-corrected chi connectivity index (χ0v) is 12.5. The van der Waals surface area contributed by atoms with E-state index in [0.29, 0.717) is 17.9 Å². The number of carbonyl (C=O) groups is 1. The van der Waals surface area contributed by atoms with Gasteiger partial charge < -0.3 is 15.2 Å². The smallest absolute Gasteiger partial charge is 0.251 e. The monoisotopic (exact) mass is 292 g/mol. The predicted molar refractivity (Wildman–Crippen MR) is 80.4 cm³/mol. The summed E-state index contributed by atoms with van der Waals surface area (Å²) >= 11 is 0. The summed E-state index contributed by atoms with van der Waals surface area (Å²) in [5.41, 5.74) is 0.542. The van der Waals surface area contributed by atoms with Crippen LogP contribution in [0.4, 0.5) is 0 Å². The summed E-state index contributed by atoms with van der Waals surface area (Å²) in [6, 6.07) is 3.31. The average Bonchev–Trinajstić information content (AvgIpc) is 2.49. The van der Waals surface area contributed by atoms with E-state index in [2.05, 4.69) is 10.3 Å². The van der Waals surface area contributed by atoms with Gasteiger partial charge in [-0.1, -0.05) is 6.42 Å². The lowest BCUT2D eigenvalue weighted by Crippen LogP contribution is -2.33. The predicted octanol–water partition coefficient (Wildman–Crippen LogP) is 2.29. The lowest BCUT2D eigenvalue weighted by Gasteiger charge is -2.22. The average molecular weight is 292 g/mol. The number of pyridine rings is 1. The summed E-state index contributed by atoms with van der Waals surface area (Å²) < 4.78 is 5.87. The number of carbonyl (C=O) groups excluding carboxylic acids is 1. The first-order chi connectivity index (χ1) is 10.2. The lowest BCUT2D eigenvalue weighted by atomic mass is 9.98. The number of rotatable bonds is 6. The van der Waals surface area contributed by atoms with Crippen LogP contribution < -0.4 is 10.1 Å². The van der Waals surface area contributed by atoms with E-state index in [1.165, 1.54) is 19.3 Å². The molecule has 2 N–H and O–H groups in total. The van der Waals surface area contributed by atoms with Crippen LogP contribution in [0.5, 0.6) is 5.88 Å². The first-order valence-corrected chi connectivity index (χ1v) is 7.73. The zero-order chi connectivity index (χ0) is 15.1. The number of hydrogen-bond donors (Lipinski definition) is 2. The summed E-state index contributed by atoms with van der Waals surface area (Å²) in [6.07, 6.45) is 8.16. The van der Waals surface area contributed by atoms with E-state index >= 15 is 0 Å². The van der Waals surface area contributed by atoms with E-state index in [4.69, 9.17) is 9.84 Å². The molecule has 1 amide bonds. The Hall–Kier alpha value is -1.62. The summed E-state index contributed by atoms with van der Waals surface area (Å²) in [5, 5.41) is 11.7. The molecule has 5 heteroatoms. The van der Waals surface area contributed by atoms with Crippen LogP contribution in [0.1, 0.15) is 55.8 Å². The summed E-state index contributed by atoms with van der Waals surface area (Å²) in [4.78, 5) is 16.3. The van der Waals surface area contributed by atoms with E-state index in [9.17, 15) is 4.79 Å². The van der Waals surface area contributed by atoms with Crippen molar-refractivity contribution in [1.82, 2.24) is 10.3 Å². The largest absolute Gasteiger partial charge is 0.474 e. The van der Waals surface area contributed by atoms with E-state index in [0.717, 1.165) is 12.8 Å². The van der Waals surface area contributed by atoms with E-state index in [1.807, 2.05) is 6.92 Å². The topological polar surface area (TPSA) is 71.5 Å². The highest BCUT2D eigenvalue weighted by Crippen LogP contribution is 2.22. The number of hydrogen-bond acceptors (Lipinski definition) is 4. The van der Waals surface area contributed by atoms with Crippen LogP contribution in [0.2, 0.25) is 0 Å². The molecule has 1 aliphatic rings. The SMILES string of the molecule is CC(CCO)NC(=O)c1ccnc(OC2CCCCC2)c1. The molecule has 21 heavy (non-hydrogen) atoms. The Balaban J connectivity index is 1.94. The van der Waals surface area contributed by atoms with Gasteiger partial charge in [-0.15, -0.1) is 0 Å². The van der Waals surface area contributed by atoms with Gasteiger partial charge >= 0.3 is 0 Å². The maximum absolute atomic E-state index is 12.1. The zero-order valence-electron chi connectivity index (χ0n) is 12.5. The molecule has 2 rings (SSSR count). The van der Waals surface area contributed by atoms with Crippen molar-refractivity contribution in [2.75, 3.05) is 6.61 Å². The van der Waals surface area contributed by atoms with Crippen LogP contribution >= 0.6 is 0 Å². The quantitative estimate of drug-likeness (QED) is 0.844. The molecular weight excluding hydrogens is 268 g/mol. The highest BCUT2D eigenvalue weighted by Gasteiger charge is 2.16. The summed E-state index contributed by atoms with van der Waals surface area (Å²) in [6.45, 7) is 1.93. The minimum Gasteiger partial charge on any atom is -0.474 e. The van der Waals surface area contributed by atoms with Crippen LogP contribution in [-0.2, 0) is 0 Å². The highest BCUT2D eigenvalue weighted by atomic mass is 16.5. The van der Waals surface area contributed by atoms with Crippen molar-refractivity contribution >= 4 is 5.91 Å². The van der Waals surface area contributed by atoms with Gasteiger partial charge in [-0.05, 0) is 45.1 Å². The van der Waals surface area contributed by atoms with Crippen molar-refractivity contribution in [2.45, 2.75) is 57.6 Å². The third kappa shape index (κ3) is 5.01. The number of nitrogens with zero attached hydrogens (tertiary/aromatic N) is 1. The molecule has 1 aliphatic carbocycles. The van der Waals surface area contributed by atoms with Gasteiger partial charge in [0.2, 0.25) is 5.88 Å². The molecule has 0 spiro atoms. The Morgan fingerprint density at radius 2 is 2.24 bits per heavy atom. The number of ether oxygens (including phenoxy) is 1. The van der Waals surface area contributed by atoms with Gasteiger partial charge in [-0.2, -0.15) is 0 Å². The van der Waals surface area contributed by atoms with E-state index in [1.54, 1.807) is 18.3 Å². The van der Waals surface area contributed by atoms with Crippen molar-refractivity contribution in [2.24, 2.45) is 0 Å². The van der Waals surface area contributed by atoms with Crippen molar-refractivity contribution in [3.05, 3.63) is 23.9 Å². The Bertz CT molecular complexity index is 459. The number of aromatic nitrogens is 1. The molecule has 1 aromatic rings. The van der Waals surface area contributed by atoms with Gasteiger partial charge in [-0.25, -0.2) is 4.98 Å². The minimum absolute atomic E-state index is 0.0571. The number of aliphatic hydroxyl groups is 1. The Morgan fingerprint density at radius 1 is 1.48 bits per heavy atom. The van der Waals surface area contributed by atoms with Crippen LogP contribution in [0.25, 0.3) is 0 Å². The molecule has 0 aliphatic heterocycles. The number of nitrogens with one attached hydrogen (secondary N) is 1. The van der Waals surface area contributed by atoms with Crippen LogP contribution in [-0.4, -0.2) is 34.8 Å². The first kappa shape index (κ1) is 15.8. The van der Waals surface area contributed by atoms with E-state index in [-0.39, 0.29) is 24.7 Å². The van der Waals surface area contributed by atoms with Crippen molar-refractivity contribution < 1.29 is 14.6 Å². The summed E-state index contributed by atoms with van der Waals surface area (Å²) in [7, 11) is 0. The molecule has 1 aromatic heterocycles. The van der Waals surface area contributed by atoms with Gasteiger partial charge in [0.05, 0.1) is 0 Å². The van der Waals surface area contributed by atoms with Crippen LogP contribution in [0, 0.1) is 0 Å². The first-order valence-electron chi connectivity index (χ1n) is 7.73. The molecule has 1 heterocycles. The van der Waals surface area contributed by atoms with Gasteiger partial charge in [0.25, 0.3) is 5.91 Å². The maximum Gasteiger partial charge on any atom is 0.251 e. The van der Waals surface area contributed by atoms with Crippen molar-refractivity contribution in [1.29, 1.82) is 0 Å². The fourth-order valence-electron chi connectivity index (χ4n) is 2.54. The molecule has 1 saturated carbocycles. The standard InChI is InChI=1S/C16H24N2O3/c1-12(8-10-19)18-16(20)13-7-9-17-15(11-13)21-14-5-3-2-4-6-14/h7,9,11-12,14,19H,2-6,8,10H2,1H3,(H,18,20). The van der Waals surface area contributed by atoms with Crippen LogP contribution in [0.15, 0.2) is 18.3 Å². The van der Waals surface area contributed by atoms with Gasteiger partial charge in [0.1, 0.15) is 6.10 Å². The Morgan fingerprint density at radius 3 is 2.95 bits per heavy atom. The van der Waals surface area contributed by atoms with Gasteiger partial charge in [0.15, 0.2) is 0 Å². The Kier molecular flexibility index (Phi) is 5.99. The second kappa shape index (κ2) is 7.98. The fourth-order valence-corrected chi connectivity index (χ4v) is 2.54. The Labute approximate surface area is 125 Å². The van der Waals surface area contributed by atoms with Gasteiger partial charge in [0, 0.05) is 30.5 Å². The molecule has 0 bridgehead atoms. The lowest BCUT2D eigenvalue weighted by molar-refractivity contribution is 0.0932. The molecule has 1 unspecified atom stereocenters. The maximum atomic E-state index is 12.1. The fraction of sp³-hybridized carbons (Fsp3) is 0.625. The summed E-state index contributed by atoms with van der Waals surface area (Å²) in [5.74, 6) is 0.358. The number of aliphatic hydroxyl groups excluding tert-OH is 1. The number of amides is 1. The highest BCUT2D eigenvalue weighted by molar-refractivity contribution is 5.94. The second-order valence-electron chi connectivity index (χ2n) is 5.65. The second-order valence-corrected chi connectivity index (χ2v) is 5.65. The molecular formula is C16H24N2O3. The van der Waals surface area contributed by atoms with Gasteiger partial charge in [-0.3, -0.25) is 4.79 Å². The molecule has 116 valence electrons. The normalized spacial score (nSPS) is 17.2. The third-order valence-corrected chi connectivity index (χ3v) is 3.78. The minimum atomic E-state index is -0.160. The van der Waals surface area contributed by atoms with Crippen molar-refractivity contribution in [3.8, 4) is 5.88 Å². The van der Waals surface area contributed by atoms with Crippen LogP contribution in [0.3, 0.4) is 0 Å². The molecule has 0 radical (unpaired) electrons. The molecule has 1 atom stereocenters. The molecule has 1 fully saturated rings. The molecule has 5 nitrogen and oxygen atoms in total. The molecule has 0 saturated heterocycles. The van der Waals surface area contributed by atoms with Crippen molar-refractivity contribution in [3.63, 3.8) is 0 Å². The van der Waals surface area contributed by atoms with E-state index < -0.39 is 0 Å². The third-order valence-electron chi connectivity index (χ3n) is 3.78.